The zero-order chi connectivity index (χ0) is 14.1. The van der Waals surface area contributed by atoms with Crippen molar-refractivity contribution in [1.29, 1.82) is 0 Å². The van der Waals surface area contributed by atoms with Gasteiger partial charge < -0.3 is 9.51 Å². The topological polar surface area (TPSA) is 54.6 Å². The summed E-state index contributed by atoms with van der Waals surface area (Å²) < 4.78 is 1.84. The summed E-state index contributed by atoms with van der Waals surface area (Å²) in [6.45, 7) is 2.05. The van der Waals surface area contributed by atoms with Crippen LogP contribution < -0.4 is 0 Å². The Morgan fingerprint density at radius 1 is 1.25 bits per heavy atom. The van der Waals surface area contributed by atoms with E-state index in [1.807, 2.05) is 17.5 Å². The number of rotatable bonds is 3. The normalized spacial score (nSPS) is 10.8. The van der Waals surface area contributed by atoms with Crippen molar-refractivity contribution in [3.63, 3.8) is 0 Å². The fraction of sp³-hybridized carbons (Fsp3) is 0.125. The lowest BCUT2D eigenvalue weighted by molar-refractivity contribution is 0.0698. The third-order valence-corrected chi connectivity index (χ3v) is 3.36. The second-order valence-corrected chi connectivity index (χ2v) is 4.82. The number of carboxylic acids is 1. The molecule has 0 amide bonds. The van der Waals surface area contributed by atoms with Crippen LogP contribution in [0.25, 0.3) is 5.52 Å². The Morgan fingerprint density at radius 3 is 2.70 bits per heavy atom. The lowest BCUT2D eigenvalue weighted by atomic mass is 10.1. The van der Waals surface area contributed by atoms with E-state index in [-0.39, 0.29) is 5.56 Å². The van der Waals surface area contributed by atoms with Gasteiger partial charge in [0.05, 0.1) is 17.3 Å². The number of carbonyl (C=O) groups is 1. The van der Waals surface area contributed by atoms with E-state index < -0.39 is 5.97 Å². The molecule has 0 aliphatic heterocycles. The van der Waals surface area contributed by atoms with Crippen LogP contribution in [0.4, 0.5) is 0 Å². The highest BCUT2D eigenvalue weighted by atomic mass is 16.4. The summed E-state index contributed by atoms with van der Waals surface area (Å²) in [7, 11) is 0. The summed E-state index contributed by atoms with van der Waals surface area (Å²) in [4.78, 5) is 15.5. The molecular weight excluding hydrogens is 252 g/mol. The van der Waals surface area contributed by atoms with Gasteiger partial charge >= 0.3 is 5.97 Å². The first kappa shape index (κ1) is 12.4. The first-order chi connectivity index (χ1) is 9.65. The summed E-state index contributed by atoms with van der Waals surface area (Å²) in [6, 6.07) is 11.6. The van der Waals surface area contributed by atoms with E-state index in [9.17, 15) is 9.90 Å². The van der Waals surface area contributed by atoms with E-state index in [0.29, 0.717) is 11.9 Å². The van der Waals surface area contributed by atoms with Crippen molar-refractivity contribution in [3.8, 4) is 0 Å². The molecule has 0 atom stereocenters. The molecule has 4 nitrogen and oxygen atoms in total. The van der Waals surface area contributed by atoms with Gasteiger partial charge in [0.15, 0.2) is 0 Å². The van der Waals surface area contributed by atoms with Gasteiger partial charge in [-0.2, -0.15) is 0 Å². The number of aromatic nitrogens is 2. The number of imidazole rings is 1. The van der Waals surface area contributed by atoms with E-state index in [2.05, 4.69) is 29.2 Å². The minimum absolute atomic E-state index is 0.273. The molecule has 0 fully saturated rings. The van der Waals surface area contributed by atoms with Crippen molar-refractivity contribution in [3.05, 3.63) is 71.3 Å². The lowest BCUT2D eigenvalue weighted by Crippen LogP contribution is -2.01. The van der Waals surface area contributed by atoms with Gasteiger partial charge in [0, 0.05) is 12.6 Å². The first-order valence-electron chi connectivity index (χ1n) is 6.39. The maximum Gasteiger partial charge on any atom is 0.337 e. The molecule has 0 aliphatic carbocycles. The predicted octanol–water partition coefficient (Wildman–Crippen LogP) is 2.93. The fourth-order valence-corrected chi connectivity index (χ4v) is 2.28. The maximum absolute atomic E-state index is 11.2. The maximum atomic E-state index is 11.2. The third-order valence-electron chi connectivity index (χ3n) is 3.36. The number of fused-ring (bicyclic) bond motifs is 1. The van der Waals surface area contributed by atoms with Crippen LogP contribution in [0.5, 0.6) is 0 Å². The van der Waals surface area contributed by atoms with Gasteiger partial charge in [0.2, 0.25) is 0 Å². The predicted molar refractivity (Wildman–Crippen MR) is 76.1 cm³/mol. The lowest BCUT2D eigenvalue weighted by Gasteiger charge is -2.04. The molecule has 2 aromatic heterocycles. The molecular formula is C16H14N2O2. The number of aryl methyl sites for hydroxylation is 1. The Morgan fingerprint density at radius 2 is 2.00 bits per heavy atom. The van der Waals surface area contributed by atoms with Crippen LogP contribution in [-0.4, -0.2) is 20.5 Å². The molecule has 0 saturated carbocycles. The van der Waals surface area contributed by atoms with Crippen molar-refractivity contribution < 1.29 is 9.90 Å². The van der Waals surface area contributed by atoms with Crippen molar-refractivity contribution in [1.82, 2.24) is 9.38 Å². The summed E-state index contributed by atoms with van der Waals surface area (Å²) in [5, 5.41) is 9.17. The van der Waals surface area contributed by atoms with Crippen molar-refractivity contribution in [2.45, 2.75) is 13.3 Å². The number of pyridine rings is 1. The van der Waals surface area contributed by atoms with E-state index in [0.717, 1.165) is 11.4 Å². The molecule has 0 unspecified atom stereocenters. The Kier molecular flexibility index (Phi) is 2.99. The molecule has 3 aromatic rings. The number of hydrogen-bond donors (Lipinski definition) is 1. The SMILES string of the molecule is Cc1ccc(Cc2ncc3c(C(=O)O)cccn23)cc1. The number of carboxylic acid groups (broad SMARTS) is 1. The third kappa shape index (κ3) is 2.16. The molecule has 0 aliphatic rings. The van der Waals surface area contributed by atoms with Gasteiger partial charge in [-0.1, -0.05) is 29.8 Å². The smallest absolute Gasteiger partial charge is 0.337 e. The largest absolute Gasteiger partial charge is 0.478 e. The fourth-order valence-electron chi connectivity index (χ4n) is 2.28. The summed E-state index contributed by atoms with van der Waals surface area (Å²) >= 11 is 0. The van der Waals surface area contributed by atoms with Crippen molar-refractivity contribution in [2.24, 2.45) is 0 Å². The van der Waals surface area contributed by atoms with E-state index in [4.69, 9.17) is 0 Å². The molecule has 0 radical (unpaired) electrons. The van der Waals surface area contributed by atoms with Gasteiger partial charge in [-0.15, -0.1) is 0 Å². The molecule has 3 rings (SSSR count). The molecule has 4 heteroatoms. The van der Waals surface area contributed by atoms with Crippen LogP contribution in [-0.2, 0) is 6.42 Å². The summed E-state index contributed by atoms with van der Waals surface area (Å²) in [5.74, 6) is -0.0932. The number of nitrogens with zero attached hydrogens (tertiary/aromatic N) is 2. The highest BCUT2D eigenvalue weighted by molar-refractivity contribution is 5.95. The molecule has 0 spiro atoms. The molecule has 0 bridgehead atoms. The second-order valence-electron chi connectivity index (χ2n) is 4.82. The average Bonchev–Trinajstić information content (AvgIpc) is 2.84. The standard InChI is InChI=1S/C16H14N2O2/c1-11-4-6-12(7-5-11)9-15-17-10-14-13(16(19)20)3-2-8-18(14)15/h2-8,10H,9H2,1H3,(H,19,20). The number of hydrogen-bond acceptors (Lipinski definition) is 2. The van der Waals surface area contributed by atoms with Crippen LogP contribution in [0.15, 0.2) is 48.8 Å². The van der Waals surface area contributed by atoms with Gasteiger partial charge in [0.25, 0.3) is 0 Å². The first-order valence-corrected chi connectivity index (χ1v) is 6.39. The van der Waals surface area contributed by atoms with Gasteiger partial charge in [0.1, 0.15) is 5.82 Å². The van der Waals surface area contributed by atoms with Crippen LogP contribution in [0.3, 0.4) is 0 Å². The molecule has 2 heterocycles. The zero-order valence-corrected chi connectivity index (χ0v) is 11.1. The van der Waals surface area contributed by atoms with Gasteiger partial charge in [-0.05, 0) is 24.6 Å². The monoisotopic (exact) mass is 266 g/mol. The van der Waals surface area contributed by atoms with E-state index >= 15 is 0 Å². The van der Waals surface area contributed by atoms with Crippen LogP contribution in [0.1, 0.15) is 27.3 Å². The van der Waals surface area contributed by atoms with Crippen LogP contribution >= 0.6 is 0 Å². The molecule has 1 aromatic carbocycles. The Labute approximate surface area is 116 Å². The van der Waals surface area contributed by atoms with Crippen LogP contribution in [0.2, 0.25) is 0 Å². The Balaban J connectivity index is 2.03. The highest BCUT2D eigenvalue weighted by Crippen LogP contribution is 2.16. The van der Waals surface area contributed by atoms with Gasteiger partial charge in [-0.3, -0.25) is 0 Å². The average molecular weight is 266 g/mol. The molecule has 100 valence electrons. The highest BCUT2D eigenvalue weighted by Gasteiger charge is 2.12. The van der Waals surface area contributed by atoms with Crippen molar-refractivity contribution >= 4 is 11.5 Å². The Hall–Kier alpha value is -2.62. The molecule has 0 saturated heterocycles. The zero-order valence-electron chi connectivity index (χ0n) is 11.1. The molecule has 20 heavy (non-hydrogen) atoms. The quantitative estimate of drug-likeness (QED) is 0.793. The number of benzene rings is 1. The Bertz CT molecular complexity index is 773. The van der Waals surface area contributed by atoms with E-state index in [1.165, 1.54) is 5.56 Å². The van der Waals surface area contributed by atoms with Gasteiger partial charge in [-0.25, -0.2) is 9.78 Å². The second kappa shape index (κ2) is 4.81. The summed E-state index contributed by atoms with van der Waals surface area (Å²) in [6.07, 6.45) is 4.14. The van der Waals surface area contributed by atoms with E-state index in [1.54, 1.807) is 18.3 Å². The van der Waals surface area contributed by atoms with Crippen molar-refractivity contribution in [2.75, 3.05) is 0 Å². The summed E-state index contributed by atoms with van der Waals surface area (Å²) in [5.41, 5.74) is 3.27. The minimum Gasteiger partial charge on any atom is -0.478 e. The van der Waals surface area contributed by atoms with Crippen LogP contribution in [0, 0.1) is 6.92 Å². The molecule has 1 N–H and O–H groups in total. The minimum atomic E-state index is -0.933. The number of aromatic carboxylic acids is 1.